The molecule has 0 aliphatic heterocycles. The van der Waals surface area contributed by atoms with Gasteiger partial charge in [0.2, 0.25) is 0 Å². The second-order valence-electron chi connectivity index (χ2n) is 4.44. The Kier molecular flexibility index (Phi) is 5.24. The molecule has 0 unspecified atom stereocenters. The lowest BCUT2D eigenvalue weighted by Gasteiger charge is -2.08. The maximum absolute atomic E-state index is 11.9. The summed E-state index contributed by atoms with van der Waals surface area (Å²) in [5.74, 6) is 1.26. The number of aromatic nitrogens is 1. The molecule has 2 aromatic rings. The van der Waals surface area contributed by atoms with Crippen molar-refractivity contribution in [3.8, 4) is 11.5 Å². The molecule has 1 aromatic carbocycles. The van der Waals surface area contributed by atoms with Crippen LogP contribution in [-0.2, 0) is 6.54 Å². The van der Waals surface area contributed by atoms with E-state index in [2.05, 4.69) is 0 Å². The van der Waals surface area contributed by atoms with Gasteiger partial charge in [0.25, 0.3) is 5.56 Å². The minimum atomic E-state index is -0.0843. The number of hydrogen-bond donors (Lipinski definition) is 0. The van der Waals surface area contributed by atoms with Gasteiger partial charge in [0.05, 0.1) is 13.7 Å². The highest BCUT2D eigenvalue weighted by molar-refractivity contribution is 5.20. The molecule has 0 aliphatic carbocycles. The number of rotatable bonds is 7. The van der Waals surface area contributed by atoms with Crippen LogP contribution in [0.25, 0.3) is 0 Å². The number of aryl methyl sites for hydroxylation is 1. The van der Waals surface area contributed by atoms with Crippen molar-refractivity contribution >= 4 is 0 Å². The first-order valence-electron chi connectivity index (χ1n) is 6.72. The number of pyridine rings is 1. The van der Waals surface area contributed by atoms with Gasteiger partial charge in [-0.05, 0) is 37.1 Å². The highest BCUT2D eigenvalue weighted by Gasteiger charge is 2.02. The van der Waals surface area contributed by atoms with Gasteiger partial charge in [-0.2, -0.15) is 0 Å². The third-order valence-corrected chi connectivity index (χ3v) is 3.01. The van der Waals surface area contributed by atoms with Crippen LogP contribution in [0.2, 0.25) is 0 Å². The highest BCUT2D eigenvalue weighted by atomic mass is 16.5. The number of nitrogens with zero attached hydrogens (tertiary/aromatic N) is 1. The van der Waals surface area contributed by atoms with Crippen LogP contribution in [0.3, 0.4) is 0 Å². The minimum Gasteiger partial charge on any atom is -0.494 e. The van der Waals surface area contributed by atoms with Crippen molar-refractivity contribution < 1.29 is 9.47 Å². The van der Waals surface area contributed by atoms with Crippen LogP contribution >= 0.6 is 0 Å². The van der Waals surface area contributed by atoms with E-state index < -0.39 is 0 Å². The molecule has 0 fully saturated rings. The third-order valence-electron chi connectivity index (χ3n) is 3.01. The van der Waals surface area contributed by atoms with Crippen molar-refractivity contribution in [1.29, 1.82) is 0 Å². The summed E-state index contributed by atoms with van der Waals surface area (Å²) < 4.78 is 12.3. The van der Waals surface area contributed by atoms with Crippen LogP contribution in [-0.4, -0.2) is 18.3 Å². The largest absolute Gasteiger partial charge is 0.494 e. The lowest BCUT2D eigenvalue weighted by atomic mass is 10.3. The van der Waals surface area contributed by atoms with Crippen LogP contribution in [0, 0.1) is 0 Å². The molecule has 2 rings (SSSR count). The Morgan fingerprint density at radius 3 is 2.60 bits per heavy atom. The van der Waals surface area contributed by atoms with Gasteiger partial charge in [0.15, 0.2) is 5.75 Å². The first-order chi connectivity index (χ1) is 9.81. The lowest BCUT2D eigenvalue weighted by Crippen LogP contribution is -2.20. The second-order valence-corrected chi connectivity index (χ2v) is 4.44. The van der Waals surface area contributed by atoms with E-state index in [4.69, 9.17) is 9.47 Å². The number of unbranched alkanes of at least 4 members (excludes halogenated alkanes) is 1. The minimum absolute atomic E-state index is 0.0843. The fraction of sp³-hybridized carbons (Fsp3) is 0.312. The molecule has 0 radical (unpaired) electrons. The van der Waals surface area contributed by atoms with Gasteiger partial charge < -0.3 is 14.0 Å². The molecule has 20 heavy (non-hydrogen) atoms. The predicted octanol–water partition coefficient (Wildman–Crippen LogP) is 2.72. The van der Waals surface area contributed by atoms with Crippen LogP contribution in [0.15, 0.2) is 53.5 Å². The van der Waals surface area contributed by atoms with Crippen molar-refractivity contribution in [3.05, 3.63) is 59.0 Å². The van der Waals surface area contributed by atoms with E-state index in [0.29, 0.717) is 18.9 Å². The Balaban J connectivity index is 1.75. The zero-order valence-corrected chi connectivity index (χ0v) is 11.6. The first-order valence-corrected chi connectivity index (χ1v) is 6.72. The smallest absolute Gasteiger partial charge is 0.292 e. The molecule has 4 nitrogen and oxygen atoms in total. The summed E-state index contributed by atoms with van der Waals surface area (Å²) in [6, 6.07) is 13.2. The van der Waals surface area contributed by atoms with E-state index in [1.165, 1.54) is 7.11 Å². The molecule has 1 aromatic heterocycles. The van der Waals surface area contributed by atoms with Gasteiger partial charge in [-0.1, -0.05) is 18.2 Å². The molecule has 1 heterocycles. The van der Waals surface area contributed by atoms with Gasteiger partial charge in [0, 0.05) is 12.7 Å². The molecule has 0 N–H and O–H groups in total. The van der Waals surface area contributed by atoms with Gasteiger partial charge in [-0.15, -0.1) is 0 Å². The molecule has 0 amide bonds. The fourth-order valence-electron chi connectivity index (χ4n) is 1.94. The van der Waals surface area contributed by atoms with E-state index >= 15 is 0 Å². The lowest BCUT2D eigenvalue weighted by molar-refractivity contribution is 0.302. The van der Waals surface area contributed by atoms with Gasteiger partial charge in [-0.25, -0.2) is 0 Å². The Morgan fingerprint density at radius 1 is 1.05 bits per heavy atom. The van der Waals surface area contributed by atoms with E-state index in [-0.39, 0.29) is 5.56 Å². The number of para-hydroxylation sites is 1. The molecule has 0 spiro atoms. The van der Waals surface area contributed by atoms with Crippen LogP contribution in [0.1, 0.15) is 12.8 Å². The van der Waals surface area contributed by atoms with Gasteiger partial charge in [0.1, 0.15) is 5.75 Å². The van der Waals surface area contributed by atoms with E-state index in [9.17, 15) is 4.79 Å². The fourth-order valence-corrected chi connectivity index (χ4v) is 1.94. The van der Waals surface area contributed by atoms with E-state index in [0.717, 1.165) is 18.6 Å². The second kappa shape index (κ2) is 7.38. The molecule has 0 saturated carbocycles. The molecule has 0 aliphatic rings. The van der Waals surface area contributed by atoms with Crippen LogP contribution in [0.4, 0.5) is 0 Å². The summed E-state index contributed by atoms with van der Waals surface area (Å²) in [7, 11) is 1.51. The predicted molar refractivity (Wildman–Crippen MR) is 78.4 cm³/mol. The molecule has 0 atom stereocenters. The zero-order chi connectivity index (χ0) is 14.2. The monoisotopic (exact) mass is 273 g/mol. The SMILES string of the molecule is COc1cccn(CCCCOc2ccccc2)c1=O. The van der Waals surface area contributed by atoms with Gasteiger partial charge >= 0.3 is 0 Å². The number of benzene rings is 1. The Bertz CT molecular complexity index is 578. The molecule has 0 bridgehead atoms. The Labute approximate surface area is 118 Å². The molecule has 106 valence electrons. The van der Waals surface area contributed by atoms with Crippen molar-refractivity contribution in [2.45, 2.75) is 19.4 Å². The quantitative estimate of drug-likeness (QED) is 0.728. The number of methoxy groups -OCH3 is 1. The highest BCUT2D eigenvalue weighted by Crippen LogP contribution is 2.09. The summed E-state index contributed by atoms with van der Waals surface area (Å²) >= 11 is 0. The third kappa shape index (κ3) is 3.88. The van der Waals surface area contributed by atoms with E-state index in [1.807, 2.05) is 36.4 Å². The standard InChI is InChI=1S/C16H19NO3/c1-19-15-10-7-12-17(16(15)18)11-5-6-13-20-14-8-3-2-4-9-14/h2-4,7-10,12H,5-6,11,13H2,1H3. The Morgan fingerprint density at radius 2 is 1.85 bits per heavy atom. The first kappa shape index (κ1) is 14.2. The summed E-state index contributed by atoms with van der Waals surface area (Å²) in [6.45, 7) is 1.33. The normalized spacial score (nSPS) is 10.2. The van der Waals surface area contributed by atoms with Crippen molar-refractivity contribution in [3.63, 3.8) is 0 Å². The average molecular weight is 273 g/mol. The maximum Gasteiger partial charge on any atom is 0.292 e. The molecular formula is C16H19NO3. The van der Waals surface area contributed by atoms with E-state index in [1.54, 1.807) is 16.8 Å². The summed E-state index contributed by atoms with van der Waals surface area (Å²) in [6.07, 6.45) is 3.57. The summed E-state index contributed by atoms with van der Waals surface area (Å²) in [4.78, 5) is 11.9. The van der Waals surface area contributed by atoms with Gasteiger partial charge in [-0.3, -0.25) is 4.79 Å². The zero-order valence-electron chi connectivity index (χ0n) is 11.6. The topological polar surface area (TPSA) is 40.5 Å². The maximum atomic E-state index is 11.9. The Hall–Kier alpha value is -2.23. The number of ether oxygens (including phenoxy) is 2. The summed E-state index contributed by atoms with van der Waals surface area (Å²) in [5.41, 5.74) is -0.0843. The van der Waals surface area contributed by atoms with Crippen LogP contribution in [0.5, 0.6) is 11.5 Å². The number of hydrogen-bond acceptors (Lipinski definition) is 3. The summed E-state index contributed by atoms with van der Waals surface area (Å²) in [5, 5.41) is 0. The molecule has 0 saturated heterocycles. The van der Waals surface area contributed by atoms with Crippen molar-refractivity contribution in [1.82, 2.24) is 4.57 Å². The van der Waals surface area contributed by atoms with Crippen LogP contribution < -0.4 is 15.0 Å². The average Bonchev–Trinajstić information content (AvgIpc) is 2.49. The molecule has 4 heteroatoms. The van der Waals surface area contributed by atoms with Crippen molar-refractivity contribution in [2.24, 2.45) is 0 Å². The van der Waals surface area contributed by atoms with Crippen molar-refractivity contribution in [2.75, 3.05) is 13.7 Å². The molecular weight excluding hydrogens is 254 g/mol.